The van der Waals surface area contributed by atoms with Gasteiger partial charge in [0.05, 0.1) is 0 Å². The number of hydrogen-bond acceptors (Lipinski definition) is 2. The summed E-state index contributed by atoms with van der Waals surface area (Å²) in [6, 6.07) is 1.78. The minimum absolute atomic E-state index is 0.257. The smallest absolute Gasteiger partial charge is 0.295 e. The number of aryl methyl sites for hydroxylation is 1. The van der Waals surface area contributed by atoms with Crippen LogP contribution in [0.15, 0.2) is 15.7 Å². The first kappa shape index (κ1) is 10.2. The molecular weight excluding hydrogens is 192 g/mol. The molecule has 0 unspecified atom stereocenters. The molecule has 4 heteroatoms. The molecule has 15 heavy (non-hydrogen) atoms. The summed E-state index contributed by atoms with van der Waals surface area (Å²) in [5, 5.41) is 0. The van der Waals surface area contributed by atoms with Crippen LogP contribution in [-0.4, -0.2) is 9.55 Å². The molecule has 1 heterocycles. The Morgan fingerprint density at radius 2 is 1.93 bits per heavy atom. The van der Waals surface area contributed by atoms with Crippen molar-refractivity contribution in [3.63, 3.8) is 0 Å². The third-order valence-electron chi connectivity index (χ3n) is 3.11. The normalized spacial score (nSPS) is 17.9. The zero-order valence-corrected chi connectivity index (χ0v) is 8.95. The Kier molecular flexibility index (Phi) is 2.75. The van der Waals surface area contributed by atoms with Crippen LogP contribution < -0.4 is 11.2 Å². The predicted octanol–water partition coefficient (Wildman–Crippen LogP) is 1.35. The van der Waals surface area contributed by atoms with Gasteiger partial charge in [-0.15, -0.1) is 0 Å². The van der Waals surface area contributed by atoms with Crippen LogP contribution in [0.25, 0.3) is 0 Å². The highest BCUT2D eigenvalue weighted by molar-refractivity contribution is 5.00. The quantitative estimate of drug-likeness (QED) is 0.757. The first-order chi connectivity index (χ1) is 7.18. The monoisotopic (exact) mass is 208 g/mol. The van der Waals surface area contributed by atoms with Gasteiger partial charge in [-0.3, -0.25) is 14.3 Å². The van der Waals surface area contributed by atoms with Gasteiger partial charge in [0, 0.05) is 17.8 Å². The van der Waals surface area contributed by atoms with E-state index in [2.05, 4.69) is 4.98 Å². The van der Waals surface area contributed by atoms with E-state index in [4.69, 9.17) is 0 Å². The molecule has 0 atom stereocenters. The second-order valence-corrected chi connectivity index (χ2v) is 4.24. The van der Waals surface area contributed by atoms with E-state index in [9.17, 15) is 9.59 Å². The first-order valence-corrected chi connectivity index (χ1v) is 5.51. The molecule has 0 amide bonds. The van der Waals surface area contributed by atoms with E-state index in [1.807, 2.05) is 6.92 Å². The Bertz CT molecular complexity index is 452. The average Bonchev–Trinajstić information content (AvgIpc) is 2.17. The molecule has 0 aliphatic heterocycles. The van der Waals surface area contributed by atoms with Crippen molar-refractivity contribution < 1.29 is 0 Å². The molecule has 0 saturated heterocycles. The first-order valence-electron chi connectivity index (χ1n) is 5.51. The van der Waals surface area contributed by atoms with Crippen LogP contribution in [0.5, 0.6) is 0 Å². The van der Waals surface area contributed by atoms with E-state index >= 15 is 0 Å². The van der Waals surface area contributed by atoms with E-state index in [1.54, 1.807) is 4.57 Å². The molecule has 1 N–H and O–H groups in total. The highest BCUT2D eigenvalue weighted by Crippen LogP contribution is 2.27. The maximum absolute atomic E-state index is 11.7. The molecule has 1 aromatic rings. The third-order valence-corrected chi connectivity index (χ3v) is 3.11. The Balaban J connectivity index is 2.42. The van der Waals surface area contributed by atoms with Gasteiger partial charge >= 0.3 is 5.69 Å². The van der Waals surface area contributed by atoms with Crippen molar-refractivity contribution in [2.45, 2.75) is 45.1 Å². The predicted molar refractivity (Wildman–Crippen MR) is 58.2 cm³/mol. The number of aromatic nitrogens is 2. The minimum atomic E-state index is -0.301. The maximum Gasteiger partial charge on any atom is 0.328 e. The van der Waals surface area contributed by atoms with Crippen LogP contribution in [0.4, 0.5) is 0 Å². The topological polar surface area (TPSA) is 54.9 Å². The highest BCUT2D eigenvalue weighted by atomic mass is 16.2. The molecule has 0 radical (unpaired) electrons. The standard InChI is InChI=1S/C11H16N2O2/c1-8-7-10(14)12-11(15)13(8)9-5-3-2-4-6-9/h7,9H,2-6H2,1H3,(H,12,14,15). The van der Waals surface area contributed by atoms with Gasteiger partial charge < -0.3 is 0 Å². The summed E-state index contributed by atoms with van der Waals surface area (Å²) in [5.74, 6) is 0. The van der Waals surface area contributed by atoms with Gasteiger partial charge in [0.15, 0.2) is 0 Å². The van der Waals surface area contributed by atoms with Gasteiger partial charge in [-0.2, -0.15) is 0 Å². The Morgan fingerprint density at radius 3 is 2.53 bits per heavy atom. The maximum atomic E-state index is 11.7. The van der Waals surface area contributed by atoms with Crippen molar-refractivity contribution in [1.29, 1.82) is 0 Å². The molecule has 0 aromatic carbocycles. The molecule has 1 aromatic heterocycles. The average molecular weight is 208 g/mol. The molecule has 1 fully saturated rings. The van der Waals surface area contributed by atoms with Crippen LogP contribution in [0.3, 0.4) is 0 Å². The van der Waals surface area contributed by atoms with Crippen molar-refractivity contribution in [2.24, 2.45) is 0 Å². The summed E-state index contributed by atoms with van der Waals surface area (Å²) in [5.41, 5.74) is 0.215. The van der Waals surface area contributed by atoms with Crippen LogP contribution >= 0.6 is 0 Å². The van der Waals surface area contributed by atoms with Crippen LogP contribution in [0, 0.1) is 6.92 Å². The van der Waals surface area contributed by atoms with Gasteiger partial charge in [-0.05, 0) is 19.8 Å². The lowest BCUT2D eigenvalue weighted by atomic mass is 9.95. The zero-order valence-electron chi connectivity index (χ0n) is 8.95. The largest absolute Gasteiger partial charge is 0.328 e. The van der Waals surface area contributed by atoms with E-state index in [0.717, 1.165) is 18.5 Å². The third kappa shape index (κ3) is 2.03. The van der Waals surface area contributed by atoms with E-state index in [0.29, 0.717) is 0 Å². The lowest BCUT2D eigenvalue weighted by Crippen LogP contribution is -2.34. The van der Waals surface area contributed by atoms with Crippen molar-refractivity contribution in [2.75, 3.05) is 0 Å². The van der Waals surface area contributed by atoms with Crippen molar-refractivity contribution in [3.05, 3.63) is 32.6 Å². The lowest BCUT2D eigenvalue weighted by Gasteiger charge is -2.25. The molecule has 2 rings (SSSR count). The van der Waals surface area contributed by atoms with Crippen molar-refractivity contribution in [3.8, 4) is 0 Å². The molecule has 0 spiro atoms. The molecule has 1 aliphatic rings. The lowest BCUT2D eigenvalue weighted by molar-refractivity contribution is 0.337. The summed E-state index contributed by atoms with van der Waals surface area (Å²) in [4.78, 5) is 25.1. The molecule has 4 nitrogen and oxygen atoms in total. The summed E-state index contributed by atoms with van der Waals surface area (Å²) in [7, 11) is 0. The number of hydrogen-bond donors (Lipinski definition) is 1. The van der Waals surface area contributed by atoms with Crippen LogP contribution in [0.1, 0.15) is 43.8 Å². The summed E-state index contributed by atoms with van der Waals surface area (Å²) < 4.78 is 1.74. The van der Waals surface area contributed by atoms with E-state index in [1.165, 1.54) is 25.3 Å². The fourth-order valence-corrected chi connectivity index (χ4v) is 2.41. The fraction of sp³-hybridized carbons (Fsp3) is 0.636. The summed E-state index contributed by atoms with van der Waals surface area (Å²) in [6.45, 7) is 1.82. The number of nitrogens with zero attached hydrogens (tertiary/aromatic N) is 1. The number of aromatic amines is 1. The minimum Gasteiger partial charge on any atom is -0.295 e. The van der Waals surface area contributed by atoms with Crippen LogP contribution in [0.2, 0.25) is 0 Å². The molecular formula is C11H16N2O2. The Labute approximate surface area is 88.0 Å². The highest BCUT2D eigenvalue weighted by Gasteiger charge is 2.17. The van der Waals surface area contributed by atoms with E-state index in [-0.39, 0.29) is 17.3 Å². The second-order valence-electron chi connectivity index (χ2n) is 4.24. The van der Waals surface area contributed by atoms with Gasteiger partial charge in [0.25, 0.3) is 5.56 Å². The Morgan fingerprint density at radius 1 is 1.27 bits per heavy atom. The van der Waals surface area contributed by atoms with Gasteiger partial charge in [0.1, 0.15) is 0 Å². The number of nitrogens with one attached hydrogen (secondary N) is 1. The van der Waals surface area contributed by atoms with E-state index < -0.39 is 0 Å². The molecule has 1 aliphatic carbocycles. The molecule has 0 bridgehead atoms. The SMILES string of the molecule is Cc1cc(=O)[nH]c(=O)n1C1CCCCC1. The van der Waals surface area contributed by atoms with Gasteiger partial charge in [0.2, 0.25) is 0 Å². The second kappa shape index (κ2) is 4.04. The Hall–Kier alpha value is -1.32. The summed E-state index contributed by atoms with van der Waals surface area (Å²) >= 11 is 0. The van der Waals surface area contributed by atoms with Gasteiger partial charge in [-0.1, -0.05) is 19.3 Å². The van der Waals surface area contributed by atoms with Crippen molar-refractivity contribution in [1.82, 2.24) is 9.55 Å². The molecule has 1 saturated carbocycles. The number of H-pyrrole nitrogens is 1. The van der Waals surface area contributed by atoms with Crippen LogP contribution in [-0.2, 0) is 0 Å². The zero-order chi connectivity index (χ0) is 10.8. The summed E-state index contributed by atoms with van der Waals surface area (Å²) in [6.07, 6.45) is 5.71. The molecule has 82 valence electrons. The number of rotatable bonds is 1. The van der Waals surface area contributed by atoms with Crippen molar-refractivity contribution >= 4 is 0 Å². The van der Waals surface area contributed by atoms with Gasteiger partial charge in [-0.25, -0.2) is 4.79 Å². The fourth-order valence-electron chi connectivity index (χ4n) is 2.41.